The molecule has 22 heavy (non-hydrogen) atoms. The summed E-state index contributed by atoms with van der Waals surface area (Å²) < 4.78 is 11.5. The van der Waals surface area contributed by atoms with Gasteiger partial charge in [-0.15, -0.1) is 0 Å². The summed E-state index contributed by atoms with van der Waals surface area (Å²) >= 11 is 2.20. The van der Waals surface area contributed by atoms with Gasteiger partial charge in [0, 0.05) is 3.57 Å². The third-order valence-corrected chi connectivity index (χ3v) is 3.42. The molecule has 2 rings (SSSR count). The molecule has 0 bridgehead atoms. The van der Waals surface area contributed by atoms with Gasteiger partial charge < -0.3 is 9.47 Å². The van der Waals surface area contributed by atoms with Crippen LogP contribution in [-0.2, 0) is 4.79 Å². The zero-order chi connectivity index (χ0) is 15.8. The third kappa shape index (κ3) is 5.36. The molecule has 2 aromatic carbocycles. The van der Waals surface area contributed by atoms with Gasteiger partial charge in [0.1, 0.15) is 11.5 Å². The molecule has 1 amide bonds. The molecule has 0 saturated heterocycles. The second-order valence-electron chi connectivity index (χ2n) is 4.31. The zero-order valence-corrected chi connectivity index (χ0v) is 14.1. The van der Waals surface area contributed by atoms with Gasteiger partial charge in [-0.25, -0.2) is 5.43 Å². The number of methoxy groups -OCH3 is 1. The summed E-state index contributed by atoms with van der Waals surface area (Å²) in [5.41, 5.74) is 3.27. The molecule has 0 aliphatic rings. The van der Waals surface area contributed by atoms with Crippen LogP contribution in [0.2, 0.25) is 0 Å². The Morgan fingerprint density at radius 2 is 1.77 bits per heavy atom. The van der Waals surface area contributed by atoms with Crippen molar-refractivity contribution in [3.63, 3.8) is 0 Å². The summed E-state index contributed by atoms with van der Waals surface area (Å²) in [5, 5.41) is 3.88. The van der Waals surface area contributed by atoms with E-state index in [-0.39, 0.29) is 12.5 Å². The highest BCUT2D eigenvalue weighted by molar-refractivity contribution is 14.1. The number of amides is 1. The van der Waals surface area contributed by atoms with Crippen molar-refractivity contribution in [1.29, 1.82) is 0 Å². The number of halogens is 1. The number of hydrogen-bond donors (Lipinski definition) is 1. The lowest BCUT2D eigenvalue weighted by atomic mass is 10.2. The van der Waals surface area contributed by atoms with Crippen molar-refractivity contribution in [2.45, 2.75) is 0 Å². The van der Waals surface area contributed by atoms with Gasteiger partial charge in [-0.2, -0.15) is 5.10 Å². The van der Waals surface area contributed by atoms with Crippen molar-refractivity contribution in [1.82, 2.24) is 5.43 Å². The van der Waals surface area contributed by atoms with Crippen molar-refractivity contribution in [2.24, 2.45) is 5.10 Å². The molecule has 1 N–H and O–H groups in total. The average molecular weight is 410 g/mol. The molecule has 0 saturated carbocycles. The van der Waals surface area contributed by atoms with E-state index in [0.717, 1.165) is 14.9 Å². The van der Waals surface area contributed by atoms with Gasteiger partial charge >= 0.3 is 0 Å². The van der Waals surface area contributed by atoms with Crippen LogP contribution in [0.15, 0.2) is 53.6 Å². The lowest BCUT2D eigenvalue weighted by molar-refractivity contribution is -0.123. The summed E-state index contributed by atoms with van der Waals surface area (Å²) in [6.45, 7) is -0.0828. The summed E-state index contributed by atoms with van der Waals surface area (Å²) in [6.07, 6.45) is 1.56. The maximum Gasteiger partial charge on any atom is 0.277 e. The average Bonchev–Trinajstić information content (AvgIpc) is 2.55. The number of hydrazone groups is 1. The van der Waals surface area contributed by atoms with E-state index in [0.29, 0.717) is 5.75 Å². The number of benzene rings is 2. The fourth-order valence-electron chi connectivity index (χ4n) is 1.58. The highest BCUT2D eigenvalue weighted by Crippen LogP contribution is 2.13. The normalized spacial score (nSPS) is 10.5. The molecule has 0 radical (unpaired) electrons. The minimum absolute atomic E-state index is 0.0828. The van der Waals surface area contributed by atoms with Crippen molar-refractivity contribution in [3.05, 3.63) is 57.7 Å². The summed E-state index contributed by atoms with van der Waals surface area (Å²) in [5.74, 6) is 1.10. The van der Waals surface area contributed by atoms with E-state index in [1.807, 2.05) is 48.5 Å². The standard InChI is InChI=1S/C16H15IN2O3/c1-21-14-6-2-12(3-7-14)10-18-19-16(20)11-22-15-8-4-13(17)5-9-15/h2-10H,11H2,1H3,(H,19,20)/b18-10+. The molecule has 0 aliphatic carbocycles. The van der Waals surface area contributed by atoms with Crippen LogP contribution in [0.5, 0.6) is 11.5 Å². The molecule has 0 fully saturated rings. The predicted molar refractivity (Wildman–Crippen MR) is 93.4 cm³/mol. The quantitative estimate of drug-likeness (QED) is 0.453. The highest BCUT2D eigenvalue weighted by Gasteiger charge is 2.01. The molecule has 0 spiro atoms. The number of carbonyl (C=O) groups excluding carboxylic acids is 1. The molecule has 114 valence electrons. The van der Waals surface area contributed by atoms with E-state index < -0.39 is 0 Å². The second-order valence-corrected chi connectivity index (χ2v) is 5.55. The number of ether oxygens (including phenoxy) is 2. The van der Waals surface area contributed by atoms with Crippen LogP contribution in [-0.4, -0.2) is 25.8 Å². The number of nitrogens with one attached hydrogen (secondary N) is 1. The first-order valence-corrected chi connectivity index (χ1v) is 7.59. The predicted octanol–water partition coefficient (Wildman–Crippen LogP) is 2.83. The minimum atomic E-state index is -0.316. The minimum Gasteiger partial charge on any atom is -0.497 e. The fourth-order valence-corrected chi connectivity index (χ4v) is 1.94. The van der Waals surface area contributed by atoms with E-state index in [2.05, 4.69) is 33.1 Å². The molecule has 0 unspecified atom stereocenters. The Bertz CT molecular complexity index is 639. The van der Waals surface area contributed by atoms with Crippen molar-refractivity contribution in [2.75, 3.05) is 13.7 Å². The van der Waals surface area contributed by atoms with Gasteiger partial charge in [0.05, 0.1) is 13.3 Å². The maximum atomic E-state index is 11.6. The van der Waals surface area contributed by atoms with Gasteiger partial charge in [0.15, 0.2) is 6.61 Å². The van der Waals surface area contributed by atoms with Gasteiger partial charge in [0.2, 0.25) is 0 Å². The Morgan fingerprint density at radius 3 is 2.41 bits per heavy atom. The molecule has 0 aliphatic heterocycles. The van der Waals surface area contributed by atoms with E-state index in [4.69, 9.17) is 9.47 Å². The first-order chi connectivity index (χ1) is 10.7. The number of carbonyl (C=O) groups is 1. The molecular formula is C16H15IN2O3. The monoisotopic (exact) mass is 410 g/mol. The van der Waals surface area contributed by atoms with Gasteiger partial charge in [0.25, 0.3) is 5.91 Å². The molecular weight excluding hydrogens is 395 g/mol. The van der Waals surface area contributed by atoms with E-state index in [1.165, 1.54) is 0 Å². The zero-order valence-electron chi connectivity index (χ0n) is 12.0. The van der Waals surface area contributed by atoms with Crippen LogP contribution < -0.4 is 14.9 Å². The Kier molecular flexibility index (Phi) is 6.20. The third-order valence-electron chi connectivity index (χ3n) is 2.70. The molecule has 0 atom stereocenters. The summed E-state index contributed by atoms with van der Waals surface area (Å²) in [7, 11) is 1.61. The molecule has 6 heteroatoms. The first kappa shape index (κ1) is 16.3. The van der Waals surface area contributed by atoms with Crippen LogP contribution in [0.1, 0.15) is 5.56 Å². The van der Waals surface area contributed by atoms with Crippen LogP contribution in [0, 0.1) is 3.57 Å². The largest absolute Gasteiger partial charge is 0.497 e. The Labute approximate surface area is 142 Å². The van der Waals surface area contributed by atoms with Crippen molar-refractivity contribution < 1.29 is 14.3 Å². The van der Waals surface area contributed by atoms with Crippen molar-refractivity contribution >= 4 is 34.7 Å². The number of nitrogens with zero attached hydrogens (tertiary/aromatic N) is 1. The van der Waals surface area contributed by atoms with E-state index in [9.17, 15) is 4.79 Å². The Balaban J connectivity index is 1.76. The maximum absolute atomic E-state index is 11.6. The van der Waals surface area contributed by atoms with Gasteiger partial charge in [-0.05, 0) is 76.7 Å². The van der Waals surface area contributed by atoms with E-state index >= 15 is 0 Å². The lowest BCUT2D eigenvalue weighted by Crippen LogP contribution is -2.24. The molecule has 5 nitrogen and oxygen atoms in total. The lowest BCUT2D eigenvalue weighted by Gasteiger charge is -2.04. The van der Waals surface area contributed by atoms with Crippen LogP contribution in [0.25, 0.3) is 0 Å². The summed E-state index contributed by atoms with van der Waals surface area (Å²) in [6, 6.07) is 14.8. The Morgan fingerprint density at radius 1 is 1.14 bits per heavy atom. The van der Waals surface area contributed by atoms with Gasteiger partial charge in [-0.3, -0.25) is 4.79 Å². The smallest absolute Gasteiger partial charge is 0.277 e. The van der Waals surface area contributed by atoms with Gasteiger partial charge in [-0.1, -0.05) is 0 Å². The number of rotatable bonds is 6. The highest BCUT2D eigenvalue weighted by atomic mass is 127. The van der Waals surface area contributed by atoms with Crippen molar-refractivity contribution in [3.8, 4) is 11.5 Å². The van der Waals surface area contributed by atoms with Crippen LogP contribution in [0.4, 0.5) is 0 Å². The molecule has 0 aromatic heterocycles. The second kappa shape index (κ2) is 8.38. The summed E-state index contributed by atoms with van der Waals surface area (Å²) in [4.78, 5) is 11.6. The molecule has 2 aromatic rings. The van der Waals surface area contributed by atoms with Crippen LogP contribution >= 0.6 is 22.6 Å². The van der Waals surface area contributed by atoms with Crippen LogP contribution in [0.3, 0.4) is 0 Å². The fraction of sp³-hybridized carbons (Fsp3) is 0.125. The topological polar surface area (TPSA) is 59.9 Å². The first-order valence-electron chi connectivity index (χ1n) is 6.52. The number of hydrogen-bond acceptors (Lipinski definition) is 4. The molecule has 0 heterocycles. The van der Waals surface area contributed by atoms with E-state index in [1.54, 1.807) is 13.3 Å². The SMILES string of the molecule is COc1ccc(/C=N/NC(=O)COc2ccc(I)cc2)cc1. The Hall–Kier alpha value is -2.09.